The molecule has 2 N–H and O–H groups in total. The van der Waals surface area contributed by atoms with E-state index >= 15 is 0 Å². The van der Waals surface area contributed by atoms with Crippen LogP contribution >= 0.6 is 38.9 Å². The van der Waals surface area contributed by atoms with E-state index in [2.05, 4.69) is 15.9 Å². The quantitative estimate of drug-likeness (QED) is 0.820. The van der Waals surface area contributed by atoms with E-state index in [0.29, 0.717) is 8.81 Å². The highest BCUT2D eigenvalue weighted by molar-refractivity contribution is 9.10. The average Bonchev–Trinajstić information content (AvgIpc) is 2.29. The van der Waals surface area contributed by atoms with Crippen LogP contribution in [0.15, 0.2) is 10.5 Å². The van der Waals surface area contributed by atoms with Crippen molar-refractivity contribution >= 4 is 49.0 Å². The van der Waals surface area contributed by atoms with Crippen LogP contribution in [0.25, 0.3) is 0 Å². The SMILES string of the molecule is O=S(=O)(O)C(O)c1cc(Br)c(Cl)s1. The van der Waals surface area contributed by atoms with Crippen LogP contribution in [0.2, 0.25) is 4.34 Å². The van der Waals surface area contributed by atoms with E-state index in [9.17, 15) is 8.42 Å². The number of halogens is 2. The molecule has 1 atom stereocenters. The van der Waals surface area contributed by atoms with Gasteiger partial charge in [0.2, 0.25) is 5.44 Å². The molecular formula is C5H4BrClO4S2. The monoisotopic (exact) mass is 306 g/mol. The molecule has 0 radical (unpaired) electrons. The Balaban J connectivity index is 3.10. The molecule has 1 unspecified atom stereocenters. The number of aliphatic hydroxyl groups excluding tert-OH is 1. The van der Waals surface area contributed by atoms with Gasteiger partial charge in [0, 0.05) is 4.47 Å². The van der Waals surface area contributed by atoms with Gasteiger partial charge >= 0.3 is 0 Å². The smallest absolute Gasteiger partial charge is 0.297 e. The van der Waals surface area contributed by atoms with Gasteiger partial charge in [0.1, 0.15) is 4.34 Å². The lowest BCUT2D eigenvalue weighted by molar-refractivity contribution is 0.242. The third kappa shape index (κ3) is 2.64. The van der Waals surface area contributed by atoms with E-state index in [0.717, 1.165) is 11.3 Å². The van der Waals surface area contributed by atoms with E-state index in [1.165, 1.54) is 6.07 Å². The van der Waals surface area contributed by atoms with E-state index in [1.807, 2.05) is 0 Å². The van der Waals surface area contributed by atoms with Crippen LogP contribution in [-0.2, 0) is 10.1 Å². The minimum Gasteiger partial charge on any atom is -0.371 e. The Labute approximate surface area is 92.0 Å². The zero-order valence-electron chi connectivity index (χ0n) is 5.94. The first-order chi connectivity index (χ1) is 5.82. The zero-order chi connectivity index (χ0) is 10.2. The van der Waals surface area contributed by atoms with Crippen molar-refractivity contribution in [3.63, 3.8) is 0 Å². The van der Waals surface area contributed by atoms with E-state index < -0.39 is 15.6 Å². The van der Waals surface area contributed by atoms with Crippen LogP contribution in [0.1, 0.15) is 10.3 Å². The molecule has 0 aliphatic heterocycles. The second-order valence-corrected chi connectivity index (χ2v) is 6.15. The minimum absolute atomic E-state index is 0.0689. The van der Waals surface area contributed by atoms with Crippen LogP contribution < -0.4 is 0 Å². The number of hydrogen-bond donors (Lipinski definition) is 2. The van der Waals surface area contributed by atoms with Gasteiger partial charge < -0.3 is 5.11 Å². The van der Waals surface area contributed by atoms with Crippen LogP contribution in [0.5, 0.6) is 0 Å². The van der Waals surface area contributed by atoms with Gasteiger partial charge in [-0.15, -0.1) is 11.3 Å². The first-order valence-electron chi connectivity index (χ1n) is 2.91. The molecule has 0 fully saturated rings. The van der Waals surface area contributed by atoms with Crippen molar-refractivity contribution in [2.75, 3.05) is 0 Å². The number of hydrogen-bond acceptors (Lipinski definition) is 4. The lowest BCUT2D eigenvalue weighted by Crippen LogP contribution is -2.09. The van der Waals surface area contributed by atoms with E-state index in [4.69, 9.17) is 21.3 Å². The maximum absolute atomic E-state index is 10.5. The number of aliphatic hydroxyl groups is 1. The predicted octanol–water partition coefficient (Wildman–Crippen LogP) is 2.04. The zero-order valence-corrected chi connectivity index (χ0v) is 9.91. The molecule has 13 heavy (non-hydrogen) atoms. The highest BCUT2D eigenvalue weighted by atomic mass is 79.9. The van der Waals surface area contributed by atoms with Crippen molar-refractivity contribution in [1.29, 1.82) is 0 Å². The van der Waals surface area contributed by atoms with Crippen LogP contribution in [0.3, 0.4) is 0 Å². The van der Waals surface area contributed by atoms with Crippen molar-refractivity contribution in [2.24, 2.45) is 0 Å². The lowest BCUT2D eigenvalue weighted by Gasteiger charge is -2.02. The highest BCUT2D eigenvalue weighted by Crippen LogP contribution is 2.36. The first-order valence-corrected chi connectivity index (χ1v) is 6.40. The van der Waals surface area contributed by atoms with Gasteiger partial charge in [0.15, 0.2) is 0 Å². The minimum atomic E-state index is -4.47. The Kier molecular flexibility index (Phi) is 3.37. The van der Waals surface area contributed by atoms with Crippen molar-refractivity contribution in [3.05, 3.63) is 19.8 Å². The van der Waals surface area contributed by atoms with Crippen molar-refractivity contribution in [3.8, 4) is 0 Å². The standard InChI is InChI=1S/C5H4BrClO4S2/c6-2-1-3(12-4(2)7)5(8)13(9,10)11/h1,5,8H,(H,9,10,11). The summed E-state index contributed by atoms with van der Waals surface area (Å²) in [6.45, 7) is 0. The topological polar surface area (TPSA) is 74.6 Å². The molecule has 0 aliphatic rings. The predicted molar refractivity (Wildman–Crippen MR) is 53.5 cm³/mol. The van der Waals surface area contributed by atoms with Crippen molar-refractivity contribution in [2.45, 2.75) is 5.44 Å². The highest BCUT2D eigenvalue weighted by Gasteiger charge is 2.24. The van der Waals surface area contributed by atoms with Crippen LogP contribution in [0, 0.1) is 0 Å². The average molecular weight is 308 g/mol. The fourth-order valence-electron chi connectivity index (χ4n) is 0.632. The summed E-state index contributed by atoms with van der Waals surface area (Å²) in [6.07, 6.45) is 0. The molecule has 1 heterocycles. The van der Waals surface area contributed by atoms with Gasteiger partial charge in [-0.3, -0.25) is 4.55 Å². The Hall–Kier alpha value is 0.340. The summed E-state index contributed by atoms with van der Waals surface area (Å²) in [4.78, 5) is 0.0689. The molecule has 0 aliphatic carbocycles. The van der Waals surface area contributed by atoms with Gasteiger partial charge in [-0.05, 0) is 22.0 Å². The normalized spacial score (nSPS) is 14.5. The summed E-state index contributed by atoms with van der Waals surface area (Å²) >= 11 is 9.53. The lowest BCUT2D eigenvalue weighted by atomic mass is 10.5. The summed E-state index contributed by atoms with van der Waals surface area (Å²) in [7, 11) is -4.47. The first kappa shape index (κ1) is 11.4. The molecule has 1 rings (SSSR count). The molecular weight excluding hydrogens is 304 g/mol. The largest absolute Gasteiger partial charge is 0.371 e. The van der Waals surface area contributed by atoms with Crippen molar-refractivity contribution in [1.82, 2.24) is 0 Å². The molecule has 0 spiro atoms. The Morgan fingerprint density at radius 2 is 2.15 bits per heavy atom. The summed E-state index contributed by atoms with van der Waals surface area (Å²) in [6, 6.07) is 1.34. The van der Waals surface area contributed by atoms with Gasteiger partial charge in [-0.2, -0.15) is 8.42 Å². The second-order valence-electron chi connectivity index (χ2n) is 2.14. The number of thiophene rings is 1. The fourth-order valence-corrected chi connectivity index (χ4v) is 3.11. The Morgan fingerprint density at radius 1 is 1.62 bits per heavy atom. The van der Waals surface area contributed by atoms with Crippen LogP contribution in [0.4, 0.5) is 0 Å². The van der Waals surface area contributed by atoms with Gasteiger partial charge in [-0.1, -0.05) is 11.6 Å². The summed E-state index contributed by atoms with van der Waals surface area (Å²) in [5.41, 5.74) is -1.93. The maximum Gasteiger partial charge on any atom is 0.297 e. The van der Waals surface area contributed by atoms with Crippen LogP contribution in [-0.4, -0.2) is 18.1 Å². The van der Waals surface area contributed by atoms with E-state index in [1.54, 1.807) is 0 Å². The molecule has 1 aromatic heterocycles. The second kappa shape index (κ2) is 3.84. The Morgan fingerprint density at radius 3 is 2.46 bits per heavy atom. The van der Waals surface area contributed by atoms with Crippen molar-refractivity contribution < 1.29 is 18.1 Å². The third-order valence-corrected chi connectivity index (χ3v) is 4.68. The summed E-state index contributed by atoms with van der Waals surface area (Å²) in [5.74, 6) is 0. The summed E-state index contributed by atoms with van der Waals surface area (Å²) < 4.78 is 30.3. The molecule has 8 heteroatoms. The molecule has 0 aromatic carbocycles. The molecule has 1 aromatic rings. The maximum atomic E-state index is 10.5. The third-order valence-electron chi connectivity index (χ3n) is 1.19. The van der Waals surface area contributed by atoms with E-state index in [-0.39, 0.29) is 4.88 Å². The molecule has 4 nitrogen and oxygen atoms in total. The molecule has 0 amide bonds. The molecule has 0 saturated heterocycles. The van der Waals surface area contributed by atoms with Gasteiger partial charge in [0.25, 0.3) is 10.1 Å². The molecule has 0 bridgehead atoms. The summed E-state index contributed by atoms with van der Waals surface area (Å²) in [5, 5.41) is 9.09. The molecule has 0 saturated carbocycles. The van der Waals surface area contributed by atoms with Gasteiger partial charge in [0.05, 0.1) is 4.88 Å². The fraction of sp³-hybridized carbons (Fsp3) is 0.200. The number of rotatable bonds is 2. The molecule has 74 valence electrons. The Bertz CT molecular complexity index is 393. The van der Waals surface area contributed by atoms with Gasteiger partial charge in [-0.25, -0.2) is 0 Å².